The molecule has 0 unspecified atom stereocenters. The second kappa shape index (κ2) is 6.36. The highest BCUT2D eigenvalue weighted by Crippen LogP contribution is 2.26. The summed E-state index contributed by atoms with van der Waals surface area (Å²) in [6.45, 7) is 7.43. The average molecular weight is 240 g/mol. The van der Waals surface area contributed by atoms with E-state index < -0.39 is 0 Å². The Hall–Kier alpha value is -0.610. The lowest BCUT2D eigenvalue weighted by atomic mass is 10.4. The molecule has 2 fully saturated rings. The van der Waals surface area contributed by atoms with Crippen LogP contribution in [-0.4, -0.2) is 61.1 Å². The Labute approximate surface area is 104 Å². The van der Waals surface area contributed by atoms with Crippen molar-refractivity contribution in [2.75, 3.05) is 39.3 Å². The first-order valence-corrected chi connectivity index (χ1v) is 6.91. The predicted octanol–water partition coefficient (Wildman–Crippen LogP) is 1.11. The molecule has 0 atom stereocenters. The molecule has 2 aliphatic rings. The van der Waals surface area contributed by atoms with Crippen molar-refractivity contribution >= 4 is 5.97 Å². The summed E-state index contributed by atoms with van der Waals surface area (Å²) in [5.74, 6) is -0.0687. The number of carbonyl (C=O) groups excluding carboxylic acids is 1. The monoisotopic (exact) mass is 240 g/mol. The van der Waals surface area contributed by atoms with Gasteiger partial charge in [0.2, 0.25) is 0 Å². The molecule has 98 valence electrons. The molecule has 0 N–H and O–H groups in total. The first kappa shape index (κ1) is 12.8. The molecule has 1 saturated carbocycles. The Balaban J connectivity index is 1.70. The molecular weight excluding hydrogens is 216 g/mol. The van der Waals surface area contributed by atoms with Crippen LogP contribution in [0.4, 0.5) is 0 Å². The molecule has 4 nitrogen and oxygen atoms in total. The fourth-order valence-electron chi connectivity index (χ4n) is 2.48. The summed E-state index contributed by atoms with van der Waals surface area (Å²) >= 11 is 0. The molecule has 0 aromatic heterocycles. The Morgan fingerprint density at radius 2 is 2.06 bits per heavy atom. The minimum atomic E-state index is -0.0687. The maximum atomic E-state index is 11.5. The number of esters is 1. The maximum Gasteiger partial charge on any atom is 0.320 e. The maximum absolute atomic E-state index is 11.5. The van der Waals surface area contributed by atoms with Crippen molar-refractivity contribution in [2.45, 2.75) is 38.6 Å². The molecule has 0 bridgehead atoms. The normalized spacial score (nSPS) is 21.1. The van der Waals surface area contributed by atoms with Crippen molar-refractivity contribution in [1.29, 1.82) is 0 Å². The molecule has 0 aromatic rings. The fraction of sp³-hybridized carbons (Fsp3) is 0.923. The Kier molecular flexibility index (Phi) is 4.80. The highest BCUT2D eigenvalue weighted by atomic mass is 16.5. The van der Waals surface area contributed by atoms with Crippen LogP contribution in [0.3, 0.4) is 0 Å². The topological polar surface area (TPSA) is 32.8 Å². The lowest BCUT2D eigenvalue weighted by Crippen LogP contribution is -2.38. The van der Waals surface area contributed by atoms with E-state index in [4.69, 9.17) is 4.74 Å². The van der Waals surface area contributed by atoms with Crippen LogP contribution >= 0.6 is 0 Å². The van der Waals surface area contributed by atoms with E-state index in [0.717, 1.165) is 13.1 Å². The van der Waals surface area contributed by atoms with Crippen molar-refractivity contribution in [3.05, 3.63) is 0 Å². The van der Waals surface area contributed by atoms with Crippen LogP contribution in [0, 0.1) is 0 Å². The number of rotatable bonds is 7. The zero-order valence-electron chi connectivity index (χ0n) is 10.9. The van der Waals surface area contributed by atoms with Gasteiger partial charge in [-0.05, 0) is 45.7 Å². The Morgan fingerprint density at radius 1 is 1.35 bits per heavy atom. The highest BCUT2D eigenvalue weighted by Gasteiger charge is 2.30. The van der Waals surface area contributed by atoms with E-state index in [2.05, 4.69) is 9.80 Å². The zero-order valence-corrected chi connectivity index (χ0v) is 10.9. The van der Waals surface area contributed by atoms with Crippen molar-refractivity contribution in [1.82, 2.24) is 9.80 Å². The van der Waals surface area contributed by atoms with E-state index in [1.165, 1.54) is 38.8 Å². The second-order valence-corrected chi connectivity index (χ2v) is 5.06. The van der Waals surface area contributed by atoms with Gasteiger partial charge < -0.3 is 9.64 Å². The fourth-order valence-corrected chi connectivity index (χ4v) is 2.48. The lowest BCUT2D eigenvalue weighted by molar-refractivity contribution is -0.144. The molecule has 0 aromatic carbocycles. The van der Waals surface area contributed by atoms with Crippen LogP contribution in [0.5, 0.6) is 0 Å². The summed E-state index contributed by atoms with van der Waals surface area (Å²) in [5, 5.41) is 0. The standard InChI is InChI=1S/C13H24N2O2/c1-2-17-13(16)11-15(12-5-6-12)10-9-14-7-3-4-8-14/h12H,2-11H2,1H3. The summed E-state index contributed by atoms with van der Waals surface area (Å²) in [6.07, 6.45) is 5.17. The minimum Gasteiger partial charge on any atom is -0.465 e. The molecule has 0 amide bonds. The average Bonchev–Trinajstić information content (AvgIpc) is 3.02. The largest absolute Gasteiger partial charge is 0.465 e. The van der Waals surface area contributed by atoms with Crippen LogP contribution in [0.2, 0.25) is 0 Å². The van der Waals surface area contributed by atoms with Gasteiger partial charge in [0, 0.05) is 19.1 Å². The van der Waals surface area contributed by atoms with Crippen LogP contribution in [0.1, 0.15) is 32.6 Å². The van der Waals surface area contributed by atoms with Gasteiger partial charge in [0.1, 0.15) is 0 Å². The first-order chi connectivity index (χ1) is 8.29. The van der Waals surface area contributed by atoms with Crippen molar-refractivity contribution in [3.8, 4) is 0 Å². The number of hydrogen-bond acceptors (Lipinski definition) is 4. The van der Waals surface area contributed by atoms with Crippen LogP contribution in [0.15, 0.2) is 0 Å². The molecule has 0 spiro atoms. The lowest BCUT2D eigenvalue weighted by Gasteiger charge is -2.24. The zero-order chi connectivity index (χ0) is 12.1. The van der Waals surface area contributed by atoms with Crippen LogP contribution < -0.4 is 0 Å². The molecular formula is C13H24N2O2. The number of carbonyl (C=O) groups is 1. The van der Waals surface area contributed by atoms with Crippen molar-refractivity contribution in [3.63, 3.8) is 0 Å². The molecule has 0 radical (unpaired) electrons. The summed E-state index contributed by atoms with van der Waals surface area (Å²) in [7, 11) is 0. The third kappa shape index (κ3) is 4.28. The molecule has 1 heterocycles. The highest BCUT2D eigenvalue weighted by molar-refractivity contribution is 5.71. The van der Waals surface area contributed by atoms with E-state index in [9.17, 15) is 4.79 Å². The number of likely N-dealkylation sites (tertiary alicyclic amines) is 1. The summed E-state index contributed by atoms with van der Waals surface area (Å²) in [6, 6.07) is 0.641. The van der Waals surface area contributed by atoms with Crippen LogP contribution in [-0.2, 0) is 9.53 Å². The first-order valence-electron chi connectivity index (χ1n) is 6.91. The Bertz CT molecular complexity index is 248. The molecule has 4 heteroatoms. The van der Waals surface area contributed by atoms with E-state index in [0.29, 0.717) is 19.2 Å². The van der Waals surface area contributed by atoms with Gasteiger partial charge in [0.05, 0.1) is 13.2 Å². The van der Waals surface area contributed by atoms with E-state index in [1.54, 1.807) is 0 Å². The van der Waals surface area contributed by atoms with Gasteiger partial charge >= 0.3 is 5.97 Å². The molecule has 1 aliphatic heterocycles. The molecule has 1 saturated heterocycles. The van der Waals surface area contributed by atoms with E-state index in [-0.39, 0.29) is 5.97 Å². The van der Waals surface area contributed by atoms with Gasteiger partial charge in [-0.3, -0.25) is 9.69 Å². The smallest absolute Gasteiger partial charge is 0.320 e. The second-order valence-electron chi connectivity index (χ2n) is 5.06. The predicted molar refractivity (Wildman–Crippen MR) is 66.9 cm³/mol. The van der Waals surface area contributed by atoms with Gasteiger partial charge in [-0.1, -0.05) is 0 Å². The Morgan fingerprint density at radius 3 is 2.65 bits per heavy atom. The van der Waals surface area contributed by atoms with Crippen LogP contribution in [0.25, 0.3) is 0 Å². The third-order valence-corrected chi connectivity index (χ3v) is 3.60. The summed E-state index contributed by atoms with van der Waals surface area (Å²) in [4.78, 5) is 16.3. The van der Waals surface area contributed by atoms with Gasteiger partial charge in [-0.2, -0.15) is 0 Å². The van der Waals surface area contributed by atoms with Gasteiger partial charge in [0.25, 0.3) is 0 Å². The van der Waals surface area contributed by atoms with Gasteiger partial charge in [-0.15, -0.1) is 0 Å². The third-order valence-electron chi connectivity index (χ3n) is 3.60. The van der Waals surface area contributed by atoms with E-state index in [1.807, 2.05) is 6.92 Å². The number of ether oxygens (including phenoxy) is 1. The van der Waals surface area contributed by atoms with Crippen molar-refractivity contribution in [2.24, 2.45) is 0 Å². The molecule has 1 aliphatic carbocycles. The molecule has 17 heavy (non-hydrogen) atoms. The quantitative estimate of drug-likeness (QED) is 0.624. The molecule has 2 rings (SSSR count). The SMILES string of the molecule is CCOC(=O)CN(CCN1CCCC1)C1CC1. The summed E-state index contributed by atoms with van der Waals surface area (Å²) < 4.78 is 5.03. The number of hydrogen-bond donors (Lipinski definition) is 0. The van der Waals surface area contributed by atoms with Gasteiger partial charge in [0.15, 0.2) is 0 Å². The van der Waals surface area contributed by atoms with E-state index >= 15 is 0 Å². The summed E-state index contributed by atoms with van der Waals surface area (Å²) in [5.41, 5.74) is 0. The minimum absolute atomic E-state index is 0.0687. The van der Waals surface area contributed by atoms with Gasteiger partial charge in [-0.25, -0.2) is 0 Å². The number of nitrogens with zero attached hydrogens (tertiary/aromatic N) is 2. The van der Waals surface area contributed by atoms with Crippen molar-refractivity contribution < 1.29 is 9.53 Å².